The van der Waals surface area contributed by atoms with E-state index in [4.69, 9.17) is 4.74 Å². The summed E-state index contributed by atoms with van der Waals surface area (Å²) in [4.78, 5) is 21.3. The van der Waals surface area contributed by atoms with Crippen molar-refractivity contribution >= 4 is 28.8 Å². The molecular formula is C16H20N4O2S. The number of nitrogens with one attached hydrogen (secondary N) is 1. The Kier molecular flexibility index (Phi) is 4.22. The van der Waals surface area contributed by atoms with Crippen LogP contribution in [0.1, 0.15) is 35.7 Å². The van der Waals surface area contributed by atoms with Crippen molar-refractivity contribution in [2.24, 2.45) is 0 Å². The van der Waals surface area contributed by atoms with E-state index >= 15 is 0 Å². The zero-order valence-electron chi connectivity index (χ0n) is 12.9. The Morgan fingerprint density at radius 3 is 2.96 bits per heavy atom. The molecule has 0 aliphatic carbocycles. The minimum Gasteiger partial charge on any atom is -0.381 e. The highest BCUT2D eigenvalue weighted by molar-refractivity contribution is 7.99. The van der Waals surface area contributed by atoms with Crippen LogP contribution in [-0.2, 0) is 4.74 Å². The molecule has 122 valence electrons. The number of hydrogen-bond acceptors (Lipinski definition) is 5. The highest BCUT2D eigenvalue weighted by Crippen LogP contribution is 2.25. The van der Waals surface area contributed by atoms with Crippen LogP contribution in [0.25, 0.3) is 11.2 Å². The van der Waals surface area contributed by atoms with Crippen molar-refractivity contribution in [3.8, 4) is 0 Å². The molecule has 2 aromatic heterocycles. The Labute approximate surface area is 139 Å². The molecule has 4 heterocycles. The number of carbonyl (C=O) groups is 1. The van der Waals surface area contributed by atoms with Crippen LogP contribution in [0.3, 0.4) is 0 Å². The second-order valence-corrected chi connectivity index (χ2v) is 7.25. The predicted octanol–water partition coefficient (Wildman–Crippen LogP) is 2.02. The molecule has 1 atom stereocenters. The summed E-state index contributed by atoms with van der Waals surface area (Å²) in [7, 11) is 0. The van der Waals surface area contributed by atoms with E-state index in [1.807, 2.05) is 24.2 Å². The first-order valence-electron chi connectivity index (χ1n) is 8.10. The summed E-state index contributed by atoms with van der Waals surface area (Å²) in [6.07, 6.45) is 6.51. The van der Waals surface area contributed by atoms with Gasteiger partial charge in [0.1, 0.15) is 5.52 Å². The number of thioether (sulfide) groups is 1. The molecular weight excluding hydrogens is 312 g/mol. The molecule has 0 saturated carbocycles. The highest BCUT2D eigenvalue weighted by atomic mass is 32.2. The lowest BCUT2D eigenvalue weighted by molar-refractivity contribution is 0.0704. The maximum Gasteiger partial charge on any atom is 0.253 e. The maximum absolute atomic E-state index is 12.3. The number of amides is 1. The first-order chi connectivity index (χ1) is 11.3. The molecule has 1 amide bonds. The van der Waals surface area contributed by atoms with Crippen LogP contribution in [0.15, 0.2) is 18.6 Å². The van der Waals surface area contributed by atoms with Crippen LogP contribution in [0.5, 0.6) is 0 Å². The zero-order valence-corrected chi connectivity index (χ0v) is 13.7. The lowest BCUT2D eigenvalue weighted by atomic mass is 10.1. The van der Waals surface area contributed by atoms with Gasteiger partial charge in [-0.3, -0.25) is 4.79 Å². The van der Waals surface area contributed by atoms with Crippen molar-refractivity contribution in [3.63, 3.8) is 0 Å². The number of nitrogens with zero attached hydrogens (tertiary/aromatic N) is 3. The standard InChI is InChI=1S/C16H20N4O2S/c21-16(19-12-3-6-23-9-12)11-7-14-15(17-8-11)20(10-18-14)13-1-4-22-5-2-13/h7-8,10,12-13H,1-6,9H2,(H,19,21). The third-order valence-corrected chi connectivity index (χ3v) is 5.69. The fourth-order valence-corrected chi connectivity index (χ4v) is 4.34. The summed E-state index contributed by atoms with van der Waals surface area (Å²) in [5, 5.41) is 3.08. The number of aromatic nitrogens is 3. The Bertz CT molecular complexity index is 705. The van der Waals surface area contributed by atoms with Crippen LogP contribution >= 0.6 is 11.8 Å². The van der Waals surface area contributed by atoms with Crippen molar-refractivity contribution in [1.29, 1.82) is 0 Å². The van der Waals surface area contributed by atoms with Gasteiger partial charge in [0.15, 0.2) is 5.65 Å². The number of imidazole rings is 1. The first-order valence-corrected chi connectivity index (χ1v) is 9.25. The second-order valence-electron chi connectivity index (χ2n) is 6.10. The quantitative estimate of drug-likeness (QED) is 0.931. The number of pyridine rings is 1. The van der Waals surface area contributed by atoms with E-state index in [0.29, 0.717) is 11.6 Å². The molecule has 6 nitrogen and oxygen atoms in total. The third kappa shape index (κ3) is 3.07. The van der Waals surface area contributed by atoms with Gasteiger partial charge in [-0.05, 0) is 31.1 Å². The lowest BCUT2D eigenvalue weighted by Crippen LogP contribution is -2.34. The van der Waals surface area contributed by atoms with Crippen LogP contribution in [0, 0.1) is 0 Å². The third-order valence-electron chi connectivity index (χ3n) is 4.52. The first kappa shape index (κ1) is 15.0. The molecule has 1 N–H and O–H groups in total. The van der Waals surface area contributed by atoms with Gasteiger partial charge in [-0.25, -0.2) is 9.97 Å². The molecule has 0 aromatic carbocycles. The summed E-state index contributed by atoms with van der Waals surface area (Å²) >= 11 is 1.88. The van der Waals surface area contributed by atoms with Gasteiger partial charge < -0.3 is 14.6 Å². The van der Waals surface area contributed by atoms with Gasteiger partial charge in [0.05, 0.1) is 11.9 Å². The van der Waals surface area contributed by atoms with E-state index in [9.17, 15) is 4.79 Å². The van der Waals surface area contributed by atoms with E-state index in [0.717, 1.165) is 55.1 Å². The number of ether oxygens (including phenoxy) is 1. The number of rotatable bonds is 3. The van der Waals surface area contributed by atoms with Crippen LogP contribution in [0.2, 0.25) is 0 Å². The van der Waals surface area contributed by atoms with Crippen molar-refractivity contribution < 1.29 is 9.53 Å². The van der Waals surface area contributed by atoms with Gasteiger partial charge in [0, 0.05) is 37.2 Å². The topological polar surface area (TPSA) is 69.0 Å². The highest BCUT2D eigenvalue weighted by Gasteiger charge is 2.21. The normalized spacial score (nSPS) is 22.5. The van der Waals surface area contributed by atoms with E-state index in [1.54, 1.807) is 6.20 Å². The fourth-order valence-electron chi connectivity index (χ4n) is 3.19. The average molecular weight is 332 g/mol. The maximum atomic E-state index is 12.3. The van der Waals surface area contributed by atoms with Gasteiger partial charge >= 0.3 is 0 Å². The van der Waals surface area contributed by atoms with Crippen LogP contribution in [-0.4, -0.2) is 51.2 Å². The van der Waals surface area contributed by atoms with Crippen molar-refractivity contribution in [2.45, 2.75) is 31.3 Å². The van der Waals surface area contributed by atoms with Crippen molar-refractivity contribution in [3.05, 3.63) is 24.2 Å². The summed E-state index contributed by atoms with van der Waals surface area (Å²) in [5.41, 5.74) is 2.22. The molecule has 2 aliphatic heterocycles. The minimum absolute atomic E-state index is 0.0486. The molecule has 2 aromatic rings. The zero-order chi connectivity index (χ0) is 15.6. The molecule has 2 saturated heterocycles. The van der Waals surface area contributed by atoms with E-state index < -0.39 is 0 Å². The Balaban J connectivity index is 1.55. The average Bonchev–Trinajstić information content (AvgIpc) is 3.24. The van der Waals surface area contributed by atoms with Gasteiger partial charge in [-0.1, -0.05) is 0 Å². The molecule has 0 bridgehead atoms. The summed E-state index contributed by atoms with van der Waals surface area (Å²) in [6.45, 7) is 1.56. The number of carbonyl (C=O) groups excluding carboxylic acids is 1. The second kappa shape index (κ2) is 6.49. The minimum atomic E-state index is -0.0486. The van der Waals surface area contributed by atoms with Gasteiger partial charge in [0.2, 0.25) is 0 Å². The lowest BCUT2D eigenvalue weighted by Gasteiger charge is -2.23. The van der Waals surface area contributed by atoms with E-state index in [1.165, 1.54) is 0 Å². The van der Waals surface area contributed by atoms with E-state index in [-0.39, 0.29) is 11.9 Å². The smallest absolute Gasteiger partial charge is 0.253 e. The molecule has 1 unspecified atom stereocenters. The Morgan fingerprint density at radius 2 is 2.17 bits per heavy atom. The molecule has 2 fully saturated rings. The van der Waals surface area contributed by atoms with Crippen LogP contribution < -0.4 is 5.32 Å². The summed E-state index contributed by atoms with van der Waals surface area (Å²) < 4.78 is 7.53. The predicted molar refractivity (Wildman–Crippen MR) is 89.8 cm³/mol. The molecule has 4 rings (SSSR count). The molecule has 2 aliphatic rings. The monoisotopic (exact) mass is 332 g/mol. The van der Waals surface area contributed by atoms with Crippen molar-refractivity contribution in [2.75, 3.05) is 24.7 Å². The molecule has 7 heteroatoms. The SMILES string of the molecule is O=C(NC1CCSC1)c1cnc2c(c1)ncn2C1CCOCC1. The Morgan fingerprint density at radius 1 is 1.30 bits per heavy atom. The molecule has 0 radical (unpaired) electrons. The van der Waals surface area contributed by atoms with Gasteiger partial charge in [0.25, 0.3) is 5.91 Å². The molecule has 0 spiro atoms. The van der Waals surface area contributed by atoms with Gasteiger partial charge in [-0.15, -0.1) is 0 Å². The largest absolute Gasteiger partial charge is 0.381 e. The number of hydrogen-bond donors (Lipinski definition) is 1. The van der Waals surface area contributed by atoms with Crippen LogP contribution in [0.4, 0.5) is 0 Å². The number of fused-ring (bicyclic) bond motifs is 1. The van der Waals surface area contributed by atoms with E-state index in [2.05, 4.69) is 19.9 Å². The van der Waals surface area contributed by atoms with Gasteiger partial charge in [-0.2, -0.15) is 11.8 Å². The molecule has 23 heavy (non-hydrogen) atoms. The summed E-state index contributed by atoms with van der Waals surface area (Å²) in [6, 6.07) is 2.51. The van der Waals surface area contributed by atoms with Crippen molar-refractivity contribution in [1.82, 2.24) is 19.9 Å². The summed E-state index contributed by atoms with van der Waals surface area (Å²) in [5.74, 6) is 2.07. The Hall–Kier alpha value is -1.60. The fraction of sp³-hybridized carbons (Fsp3) is 0.562.